The monoisotopic (exact) mass is 406 g/mol. The first-order valence-corrected chi connectivity index (χ1v) is 9.45. The molecule has 4 N–H and O–H groups in total. The number of hydrogen-bond acceptors (Lipinski definition) is 6. The SMILES string of the molecule is Cc1nc(-c2ncccn2)[nH]c(=O)c1CC(=O)NC(CN)C1CCCCC1.Cl. The summed E-state index contributed by atoms with van der Waals surface area (Å²) in [5.74, 6) is 0.858. The summed E-state index contributed by atoms with van der Waals surface area (Å²) in [5, 5.41) is 3.02. The van der Waals surface area contributed by atoms with Crippen LogP contribution in [0.3, 0.4) is 0 Å². The number of nitrogens with zero attached hydrogens (tertiary/aromatic N) is 3. The third kappa shape index (κ3) is 5.36. The second kappa shape index (κ2) is 10.3. The van der Waals surface area contributed by atoms with Gasteiger partial charge in [-0.2, -0.15) is 0 Å². The highest BCUT2D eigenvalue weighted by molar-refractivity contribution is 5.85. The van der Waals surface area contributed by atoms with Crippen molar-refractivity contribution >= 4 is 18.3 Å². The van der Waals surface area contributed by atoms with Crippen molar-refractivity contribution in [3.05, 3.63) is 40.1 Å². The molecule has 0 saturated heterocycles. The van der Waals surface area contributed by atoms with Crippen molar-refractivity contribution in [1.82, 2.24) is 25.3 Å². The Labute approximate surface area is 170 Å². The lowest BCUT2D eigenvalue weighted by molar-refractivity contribution is -0.121. The van der Waals surface area contributed by atoms with Crippen LogP contribution in [0, 0.1) is 12.8 Å². The quantitative estimate of drug-likeness (QED) is 0.667. The Hall–Kier alpha value is -2.32. The zero-order chi connectivity index (χ0) is 19.2. The van der Waals surface area contributed by atoms with E-state index in [4.69, 9.17) is 5.73 Å². The van der Waals surface area contributed by atoms with Crippen LogP contribution in [0.25, 0.3) is 11.6 Å². The molecule has 1 unspecified atom stereocenters. The minimum atomic E-state index is -0.345. The molecule has 152 valence electrons. The van der Waals surface area contributed by atoms with E-state index in [1.165, 1.54) is 19.3 Å². The van der Waals surface area contributed by atoms with E-state index in [9.17, 15) is 9.59 Å². The summed E-state index contributed by atoms with van der Waals surface area (Å²) in [7, 11) is 0. The van der Waals surface area contributed by atoms with Gasteiger partial charge in [-0.25, -0.2) is 15.0 Å². The number of amides is 1. The summed E-state index contributed by atoms with van der Waals surface area (Å²) in [6.07, 6.45) is 8.94. The molecular formula is C19H27ClN6O2. The minimum absolute atomic E-state index is 0. The molecule has 1 saturated carbocycles. The van der Waals surface area contributed by atoms with Crippen LogP contribution in [0.5, 0.6) is 0 Å². The number of H-pyrrole nitrogens is 1. The third-order valence-electron chi connectivity index (χ3n) is 5.16. The van der Waals surface area contributed by atoms with E-state index in [1.807, 2.05) is 0 Å². The lowest BCUT2D eigenvalue weighted by Crippen LogP contribution is -2.46. The van der Waals surface area contributed by atoms with Crippen molar-refractivity contribution in [1.29, 1.82) is 0 Å². The van der Waals surface area contributed by atoms with E-state index >= 15 is 0 Å². The van der Waals surface area contributed by atoms with Gasteiger partial charge in [-0.1, -0.05) is 19.3 Å². The molecule has 2 aromatic rings. The molecule has 1 fully saturated rings. The fraction of sp³-hybridized carbons (Fsp3) is 0.526. The van der Waals surface area contributed by atoms with Gasteiger partial charge in [-0.3, -0.25) is 9.59 Å². The molecule has 1 amide bonds. The highest BCUT2D eigenvalue weighted by atomic mass is 35.5. The summed E-state index contributed by atoms with van der Waals surface area (Å²) >= 11 is 0. The first-order chi connectivity index (χ1) is 13.1. The van der Waals surface area contributed by atoms with Crippen molar-refractivity contribution in [2.75, 3.05) is 6.54 Å². The van der Waals surface area contributed by atoms with Crippen molar-refractivity contribution in [3.8, 4) is 11.6 Å². The van der Waals surface area contributed by atoms with Gasteiger partial charge in [0.2, 0.25) is 5.91 Å². The smallest absolute Gasteiger partial charge is 0.255 e. The molecule has 0 spiro atoms. The number of aryl methyl sites for hydroxylation is 1. The zero-order valence-electron chi connectivity index (χ0n) is 16.0. The van der Waals surface area contributed by atoms with Crippen LogP contribution in [0.4, 0.5) is 0 Å². The van der Waals surface area contributed by atoms with Crippen LogP contribution >= 0.6 is 12.4 Å². The average molecular weight is 407 g/mol. The van der Waals surface area contributed by atoms with Gasteiger partial charge in [0.15, 0.2) is 11.6 Å². The topological polar surface area (TPSA) is 127 Å². The van der Waals surface area contributed by atoms with Crippen LogP contribution in [0.15, 0.2) is 23.3 Å². The highest BCUT2D eigenvalue weighted by Crippen LogP contribution is 2.26. The zero-order valence-corrected chi connectivity index (χ0v) is 16.8. The standard InChI is InChI=1S/C19H26N6O2.ClH/c1-12-14(19(27)25-18(23-12)17-21-8-5-9-22-17)10-16(26)24-15(11-20)13-6-3-2-4-7-13;/h5,8-9,13,15H,2-4,6-7,10-11,20H2,1H3,(H,24,26)(H,23,25,27);1H. The van der Waals surface area contributed by atoms with Crippen molar-refractivity contribution in [2.45, 2.75) is 51.5 Å². The largest absolute Gasteiger partial charge is 0.352 e. The summed E-state index contributed by atoms with van der Waals surface area (Å²) in [6.45, 7) is 2.13. The second-order valence-electron chi connectivity index (χ2n) is 7.04. The molecule has 2 aromatic heterocycles. The Balaban J connectivity index is 0.00000280. The van der Waals surface area contributed by atoms with Crippen LogP contribution in [0.2, 0.25) is 0 Å². The van der Waals surface area contributed by atoms with Gasteiger partial charge in [0.1, 0.15) is 0 Å². The number of carbonyl (C=O) groups is 1. The predicted octanol–water partition coefficient (Wildman–Crippen LogP) is 1.52. The number of carbonyl (C=O) groups excluding carboxylic acids is 1. The maximum Gasteiger partial charge on any atom is 0.255 e. The summed E-state index contributed by atoms with van der Waals surface area (Å²) < 4.78 is 0. The average Bonchev–Trinajstić information content (AvgIpc) is 2.70. The molecule has 0 aliphatic heterocycles. The number of aromatic nitrogens is 4. The van der Waals surface area contributed by atoms with Gasteiger partial charge in [0.05, 0.1) is 6.42 Å². The second-order valence-corrected chi connectivity index (χ2v) is 7.04. The first-order valence-electron chi connectivity index (χ1n) is 9.45. The van der Waals surface area contributed by atoms with Crippen LogP contribution in [-0.4, -0.2) is 38.4 Å². The van der Waals surface area contributed by atoms with Gasteiger partial charge < -0.3 is 16.0 Å². The normalized spacial score (nSPS) is 15.5. The van der Waals surface area contributed by atoms with Gasteiger partial charge in [-0.05, 0) is 31.7 Å². The number of nitrogens with one attached hydrogen (secondary N) is 2. The van der Waals surface area contributed by atoms with Crippen LogP contribution < -0.4 is 16.6 Å². The first kappa shape index (κ1) is 22.0. The van der Waals surface area contributed by atoms with Crippen molar-refractivity contribution in [2.24, 2.45) is 11.7 Å². The summed E-state index contributed by atoms with van der Waals surface area (Å²) in [5.41, 5.74) is 6.39. The molecule has 1 atom stereocenters. The van der Waals surface area contributed by atoms with E-state index in [0.717, 1.165) is 12.8 Å². The molecule has 28 heavy (non-hydrogen) atoms. The van der Waals surface area contributed by atoms with Crippen molar-refractivity contribution in [3.63, 3.8) is 0 Å². The Morgan fingerprint density at radius 3 is 2.57 bits per heavy atom. The van der Waals surface area contributed by atoms with E-state index in [0.29, 0.717) is 35.4 Å². The number of hydrogen-bond donors (Lipinski definition) is 3. The van der Waals surface area contributed by atoms with Gasteiger partial charge >= 0.3 is 0 Å². The predicted molar refractivity (Wildman–Crippen MR) is 109 cm³/mol. The minimum Gasteiger partial charge on any atom is -0.352 e. The molecule has 8 nitrogen and oxygen atoms in total. The van der Waals surface area contributed by atoms with E-state index < -0.39 is 0 Å². The number of nitrogens with two attached hydrogens (primary N) is 1. The van der Waals surface area contributed by atoms with E-state index in [-0.39, 0.29) is 36.3 Å². The van der Waals surface area contributed by atoms with Crippen LogP contribution in [-0.2, 0) is 11.2 Å². The third-order valence-corrected chi connectivity index (χ3v) is 5.16. The molecule has 0 bridgehead atoms. The van der Waals surface area contributed by atoms with Gasteiger partial charge in [0.25, 0.3) is 5.56 Å². The lowest BCUT2D eigenvalue weighted by Gasteiger charge is -2.30. The molecule has 9 heteroatoms. The number of rotatable bonds is 6. The molecule has 2 heterocycles. The Morgan fingerprint density at radius 1 is 1.29 bits per heavy atom. The Bertz CT molecular complexity index is 836. The summed E-state index contributed by atoms with van der Waals surface area (Å²) in [6, 6.07) is 1.65. The number of aromatic amines is 1. The molecule has 1 aliphatic rings. The molecule has 3 rings (SSSR count). The highest BCUT2D eigenvalue weighted by Gasteiger charge is 2.24. The number of halogens is 1. The van der Waals surface area contributed by atoms with Gasteiger partial charge in [0, 0.05) is 36.2 Å². The fourth-order valence-corrected chi connectivity index (χ4v) is 3.67. The Morgan fingerprint density at radius 2 is 1.96 bits per heavy atom. The Kier molecular flexibility index (Phi) is 8.07. The summed E-state index contributed by atoms with van der Waals surface area (Å²) in [4.78, 5) is 40.2. The van der Waals surface area contributed by atoms with E-state index in [2.05, 4.69) is 25.3 Å². The molecule has 1 aliphatic carbocycles. The maximum absolute atomic E-state index is 12.5. The maximum atomic E-state index is 12.5. The lowest BCUT2D eigenvalue weighted by atomic mass is 9.84. The fourth-order valence-electron chi connectivity index (χ4n) is 3.67. The van der Waals surface area contributed by atoms with Crippen LogP contribution in [0.1, 0.15) is 43.4 Å². The molecule has 0 radical (unpaired) electrons. The van der Waals surface area contributed by atoms with Crippen molar-refractivity contribution < 1.29 is 4.79 Å². The molecule has 0 aromatic carbocycles. The molecular weight excluding hydrogens is 380 g/mol. The van der Waals surface area contributed by atoms with Gasteiger partial charge in [-0.15, -0.1) is 12.4 Å². The van der Waals surface area contributed by atoms with E-state index in [1.54, 1.807) is 25.4 Å².